The number of aliphatic imine (C=N–C) groups is 1. The van der Waals surface area contributed by atoms with Gasteiger partial charge in [-0.25, -0.2) is 4.99 Å². The summed E-state index contributed by atoms with van der Waals surface area (Å²) in [5, 5.41) is 2.74. The van der Waals surface area contributed by atoms with Gasteiger partial charge in [-0.3, -0.25) is 14.6 Å². The average Bonchev–Trinajstić information content (AvgIpc) is 2.66. The number of amides is 2. The van der Waals surface area contributed by atoms with Gasteiger partial charge in [-0.15, -0.1) is 0 Å². The lowest BCUT2D eigenvalue weighted by molar-refractivity contribution is -0.132. The standard InChI is InChI=1S/C20H14F3N3O3/c1-10-2-3-11-14(8-10)29-15-9-24-7-6-12(15)17(11)26-19(28)13-4-5-16(20(21,22)23)25-18(13)27/h2-9,13,17H,1H3,(H,26,28). The Hall–Kier alpha value is -3.49. The Morgan fingerprint density at radius 3 is 2.66 bits per heavy atom. The highest BCUT2D eigenvalue weighted by atomic mass is 19.4. The molecule has 148 valence electrons. The van der Waals surface area contributed by atoms with Crippen LogP contribution < -0.4 is 10.1 Å². The fourth-order valence-corrected chi connectivity index (χ4v) is 3.21. The minimum atomic E-state index is -4.75. The molecular formula is C20H14F3N3O3. The molecule has 0 saturated carbocycles. The number of aromatic nitrogens is 1. The minimum Gasteiger partial charge on any atom is -0.455 e. The van der Waals surface area contributed by atoms with Crippen LogP contribution in [-0.2, 0) is 9.59 Å². The van der Waals surface area contributed by atoms with Crippen LogP contribution in [0.3, 0.4) is 0 Å². The number of halogens is 3. The van der Waals surface area contributed by atoms with Crippen LogP contribution in [0.4, 0.5) is 13.2 Å². The first kappa shape index (κ1) is 18.9. The van der Waals surface area contributed by atoms with E-state index in [2.05, 4.69) is 15.3 Å². The molecule has 0 saturated heterocycles. The molecule has 1 N–H and O–H groups in total. The summed E-state index contributed by atoms with van der Waals surface area (Å²) in [5.41, 5.74) is 0.904. The third-order valence-electron chi connectivity index (χ3n) is 4.63. The molecule has 0 radical (unpaired) electrons. The highest BCUT2D eigenvalue weighted by Gasteiger charge is 2.39. The summed E-state index contributed by atoms with van der Waals surface area (Å²) >= 11 is 0. The predicted octanol–water partition coefficient (Wildman–Crippen LogP) is 3.42. The number of carbonyl (C=O) groups is 2. The van der Waals surface area contributed by atoms with Crippen molar-refractivity contribution in [2.75, 3.05) is 0 Å². The van der Waals surface area contributed by atoms with E-state index in [0.29, 0.717) is 28.7 Å². The summed E-state index contributed by atoms with van der Waals surface area (Å²) in [5.74, 6) is -2.39. The van der Waals surface area contributed by atoms with E-state index in [1.165, 1.54) is 12.4 Å². The molecule has 6 nitrogen and oxygen atoms in total. The number of nitrogens with zero attached hydrogens (tertiary/aromatic N) is 2. The van der Waals surface area contributed by atoms with Crippen LogP contribution in [0.2, 0.25) is 0 Å². The topological polar surface area (TPSA) is 80.7 Å². The smallest absolute Gasteiger partial charge is 0.433 e. The number of allylic oxidation sites excluding steroid dienone is 1. The number of nitrogens with one attached hydrogen (secondary N) is 1. The molecule has 0 aliphatic carbocycles. The van der Waals surface area contributed by atoms with Gasteiger partial charge in [0.2, 0.25) is 5.91 Å². The zero-order valence-electron chi connectivity index (χ0n) is 15.0. The second-order valence-electron chi connectivity index (χ2n) is 6.67. The molecule has 0 bridgehead atoms. The van der Waals surface area contributed by atoms with Crippen molar-refractivity contribution >= 4 is 17.5 Å². The van der Waals surface area contributed by atoms with Gasteiger partial charge in [0.25, 0.3) is 5.91 Å². The van der Waals surface area contributed by atoms with Gasteiger partial charge in [0.1, 0.15) is 17.4 Å². The van der Waals surface area contributed by atoms with Gasteiger partial charge in [0.05, 0.1) is 12.2 Å². The van der Waals surface area contributed by atoms with E-state index in [9.17, 15) is 22.8 Å². The van der Waals surface area contributed by atoms with E-state index in [4.69, 9.17) is 4.74 Å². The number of hydrogen-bond acceptors (Lipinski definition) is 4. The first-order chi connectivity index (χ1) is 13.7. The van der Waals surface area contributed by atoms with Gasteiger partial charge in [-0.05, 0) is 30.7 Å². The molecule has 0 spiro atoms. The Morgan fingerprint density at radius 1 is 1.17 bits per heavy atom. The number of aryl methyl sites for hydroxylation is 1. The van der Waals surface area contributed by atoms with Crippen molar-refractivity contribution in [2.45, 2.75) is 19.1 Å². The molecule has 2 aliphatic heterocycles. The zero-order chi connectivity index (χ0) is 20.8. The number of alkyl halides is 3. The van der Waals surface area contributed by atoms with Gasteiger partial charge >= 0.3 is 6.18 Å². The van der Waals surface area contributed by atoms with Crippen molar-refractivity contribution in [1.29, 1.82) is 0 Å². The Labute approximate surface area is 163 Å². The molecule has 2 amide bonds. The summed E-state index contributed by atoms with van der Waals surface area (Å²) in [6, 6.07) is 6.45. The van der Waals surface area contributed by atoms with Crippen molar-refractivity contribution < 1.29 is 27.5 Å². The molecule has 2 aromatic rings. The quantitative estimate of drug-likeness (QED) is 0.782. The van der Waals surface area contributed by atoms with Crippen LogP contribution in [0.25, 0.3) is 0 Å². The molecule has 1 aromatic carbocycles. The van der Waals surface area contributed by atoms with Crippen LogP contribution in [0.5, 0.6) is 11.5 Å². The maximum Gasteiger partial charge on any atom is 0.433 e. The van der Waals surface area contributed by atoms with Crippen LogP contribution in [0, 0.1) is 12.8 Å². The lowest BCUT2D eigenvalue weighted by atomic mass is 9.93. The monoisotopic (exact) mass is 401 g/mol. The van der Waals surface area contributed by atoms with E-state index >= 15 is 0 Å². The van der Waals surface area contributed by atoms with Crippen molar-refractivity contribution in [3.8, 4) is 11.5 Å². The first-order valence-electron chi connectivity index (χ1n) is 8.64. The van der Waals surface area contributed by atoms with E-state index in [1.54, 1.807) is 18.2 Å². The van der Waals surface area contributed by atoms with Crippen molar-refractivity contribution in [3.05, 3.63) is 65.5 Å². The summed E-state index contributed by atoms with van der Waals surface area (Å²) in [6.07, 6.45) is -0.157. The molecule has 4 rings (SSSR count). The molecular weight excluding hydrogens is 387 g/mol. The second kappa shape index (κ2) is 6.84. The number of carbonyl (C=O) groups excluding carboxylic acids is 2. The van der Waals surface area contributed by atoms with Crippen molar-refractivity contribution in [3.63, 3.8) is 0 Å². The Balaban J connectivity index is 1.64. The Bertz CT molecular complexity index is 1080. The Morgan fingerprint density at radius 2 is 1.93 bits per heavy atom. The number of fused-ring (bicyclic) bond motifs is 2. The number of hydrogen-bond donors (Lipinski definition) is 1. The third-order valence-corrected chi connectivity index (χ3v) is 4.63. The number of ether oxygens (including phenoxy) is 1. The van der Waals surface area contributed by atoms with Gasteiger partial charge in [0.15, 0.2) is 5.75 Å². The van der Waals surface area contributed by atoms with Gasteiger partial charge in [-0.1, -0.05) is 18.2 Å². The highest BCUT2D eigenvalue weighted by Crippen LogP contribution is 2.42. The third kappa shape index (κ3) is 3.51. The van der Waals surface area contributed by atoms with Crippen LogP contribution >= 0.6 is 0 Å². The van der Waals surface area contributed by atoms with E-state index < -0.39 is 35.7 Å². The molecule has 0 fully saturated rings. The van der Waals surface area contributed by atoms with Gasteiger partial charge in [0, 0.05) is 17.3 Å². The fourth-order valence-electron chi connectivity index (χ4n) is 3.21. The lowest BCUT2D eigenvalue weighted by Gasteiger charge is -2.29. The summed E-state index contributed by atoms with van der Waals surface area (Å²) < 4.78 is 44.0. The molecule has 3 heterocycles. The highest BCUT2D eigenvalue weighted by molar-refractivity contribution is 6.14. The second-order valence-corrected chi connectivity index (χ2v) is 6.67. The van der Waals surface area contributed by atoms with Crippen molar-refractivity contribution in [1.82, 2.24) is 10.3 Å². The number of dihydropyridines is 1. The summed E-state index contributed by atoms with van der Waals surface area (Å²) in [4.78, 5) is 31.8. The summed E-state index contributed by atoms with van der Waals surface area (Å²) in [7, 11) is 0. The van der Waals surface area contributed by atoms with E-state index in [-0.39, 0.29) is 0 Å². The SMILES string of the molecule is Cc1ccc2c(c1)Oc1cnccc1C2NC(=O)C1C=CC(C(F)(F)F)=NC1=O. The Kier molecular flexibility index (Phi) is 4.45. The molecule has 2 atom stereocenters. The fraction of sp³-hybridized carbons (Fsp3) is 0.200. The zero-order valence-corrected chi connectivity index (χ0v) is 15.0. The van der Waals surface area contributed by atoms with E-state index in [1.807, 2.05) is 13.0 Å². The number of benzene rings is 1. The predicted molar refractivity (Wildman–Crippen MR) is 96.6 cm³/mol. The van der Waals surface area contributed by atoms with Crippen molar-refractivity contribution in [2.24, 2.45) is 10.9 Å². The van der Waals surface area contributed by atoms with Crippen LogP contribution in [0.1, 0.15) is 22.7 Å². The average molecular weight is 401 g/mol. The normalized spacial score (nSPS) is 20.3. The number of rotatable bonds is 2. The lowest BCUT2D eigenvalue weighted by Crippen LogP contribution is -2.39. The number of pyridine rings is 1. The molecule has 2 unspecified atom stereocenters. The first-order valence-corrected chi connectivity index (χ1v) is 8.64. The molecule has 2 aliphatic rings. The van der Waals surface area contributed by atoms with Gasteiger partial charge < -0.3 is 10.1 Å². The molecule has 9 heteroatoms. The molecule has 29 heavy (non-hydrogen) atoms. The maximum absolute atomic E-state index is 12.7. The van der Waals surface area contributed by atoms with E-state index in [0.717, 1.165) is 11.6 Å². The summed E-state index contributed by atoms with van der Waals surface area (Å²) in [6.45, 7) is 1.89. The maximum atomic E-state index is 12.7. The largest absolute Gasteiger partial charge is 0.455 e. The molecule has 1 aromatic heterocycles. The van der Waals surface area contributed by atoms with Crippen LogP contribution in [-0.4, -0.2) is 28.7 Å². The van der Waals surface area contributed by atoms with Gasteiger partial charge in [-0.2, -0.15) is 13.2 Å². The minimum absolute atomic E-state index is 0.443. The van der Waals surface area contributed by atoms with Crippen LogP contribution in [0.15, 0.2) is 53.8 Å².